The van der Waals surface area contributed by atoms with Crippen molar-refractivity contribution in [3.8, 4) is 0 Å². The van der Waals surface area contributed by atoms with Crippen molar-refractivity contribution in [1.29, 1.82) is 0 Å². The molecule has 0 unspecified atom stereocenters. The van der Waals surface area contributed by atoms with E-state index in [9.17, 15) is 22.4 Å². The molecule has 0 fully saturated rings. The van der Waals surface area contributed by atoms with E-state index in [1.54, 1.807) is 24.3 Å². The zero-order valence-electron chi connectivity index (χ0n) is 10.3. The minimum absolute atomic E-state index is 0.344. The van der Waals surface area contributed by atoms with E-state index in [1.165, 1.54) is 0 Å². The molecule has 0 spiro atoms. The lowest BCUT2D eigenvalue weighted by Crippen LogP contribution is -2.14. The molecule has 7 heteroatoms. The van der Waals surface area contributed by atoms with Crippen LogP contribution in [0, 0.1) is 5.82 Å². The smallest absolute Gasteiger partial charge is 0.322 e. The number of halogens is 5. The Morgan fingerprint density at radius 1 is 1.05 bits per heavy atom. The molecule has 21 heavy (non-hydrogen) atoms. The third-order valence-electron chi connectivity index (χ3n) is 2.59. The summed E-state index contributed by atoms with van der Waals surface area (Å²) in [6.45, 7) is 0. The van der Waals surface area contributed by atoms with Gasteiger partial charge in [-0.2, -0.15) is 13.2 Å². The van der Waals surface area contributed by atoms with Crippen LogP contribution in [-0.4, -0.2) is 5.91 Å². The van der Waals surface area contributed by atoms with Crippen LogP contribution in [0.5, 0.6) is 0 Å². The van der Waals surface area contributed by atoms with Crippen LogP contribution in [0.15, 0.2) is 46.9 Å². The molecule has 0 atom stereocenters. The van der Waals surface area contributed by atoms with Crippen molar-refractivity contribution >= 4 is 27.5 Å². The van der Waals surface area contributed by atoms with E-state index in [0.717, 1.165) is 10.5 Å². The normalized spacial score (nSPS) is 11.3. The van der Waals surface area contributed by atoms with E-state index in [4.69, 9.17) is 0 Å². The summed E-state index contributed by atoms with van der Waals surface area (Å²) in [7, 11) is 0. The molecule has 2 rings (SSSR count). The quantitative estimate of drug-likeness (QED) is 0.760. The third kappa shape index (κ3) is 4.04. The van der Waals surface area contributed by atoms with Gasteiger partial charge in [0.25, 0.3) is 5.91 Å². The zero-order valence-corrected chi connectivity index (χ0v) is 11.9. The number of anilines is 1. The van der Waals surface area contributed by atoms with Crippen LogP contribution < -0.4 is 5.32 Å². The molecule has 0 aromatic heterocycles. The minimum Gasteiger partial charge on any atom is -0.322 e. The molecule has 0 radical (unpaired) electrons. The summed E-state index contributed by atoms with van der Waals surface area (Å²) < 4.78 is 51.7. The molecular formula is C14H8BrF4NO. The Bertz CT molecular complexity index is 668. The van der Waals surface area contributed by atoms with Gasteiger partial charge in [-0.15, -0.1) is 0 Å². The summed E-state index contributed by atoms with van der Waals surface area (Å²) in [5, 5.41) is 2.40. The predicted molar refractivity (Wildman–Crippen MR) is 73.5 cm³/mol. The second-order valence-electron chi connectivity index (χ2n) is 4.19. The average molecular weight is 362 g/mol. The van der Waals surface area contributed by atoms with E-state index in [2.05, 4.69) is 21.2 Å². The molecule has 0 bridgehead atoms. The molecule has 110 valence electrons. The monoisotopic (exact) mass is 361 g/mol. The number of hydrogen-bond donors (Lipinski definition) is 1. The topological polar surface area (TPSA) is 29.1 Å². The fourth-order valence-corrected chi connectivity index (χ4v) is 1.89. The van der Waals surface area contributed by atoms with Crippen molar-refractivity contribution in [2.75, 3.05) is 5.32 Å². The molecule has 2 aromatic carbocycles. The predicted octanol–water partition coefficient (Wildman–Crippen LogP) is 4.86. The van der Waals surface area contributed by atoms with Gasteiger partial charge < -0.3 is 5.32 Å². The molecule has 0 aliphatic heterocycles. The third-order valence-corrected chi connectivity index (χ3v) is 3.12. The van der Waals surface area contributed by atoms with Crippen molar-refractivity contribution in [2.24, 2.45) is 0 Å². The van der Waals surface area contributed by atoms with Gasteiger partial charge in [-0.3, -0.25) is 4.79 Å². The van der Waals surface area contributed by atoms with Gasteiger partial charge in [-0.1, -0.05) is 15.9 Å². The Kier molecular flexibility index (Phi) is 4.32. The molecule has 1 N–H and O–H groups in total. The first kappa shape index (κ1) is 15.5. The SMILES string of the molecule is O=C(Nc1ccc(Br)cc1)c1cc(F)cc(C(F)(F)F)c1. The van der Waals surface area contributed by atoms with Crippen molar-refractivity contribution in [3.63, 3.8) is 0 Å². The molecule has 1 amide bonds. The highest BCUT2D eigenvalue weighted by atomic mass is 79.9. The first-order valence-corrected chi connectivity index (χ1v) is 6.50. The summed E-state index contributed by atoms with van der Waals surface area (Å²) in [5.74, 6) is -1.94. The van der Waals surface area contributed by atoms with Gasteiger partial charge >= 0.3 is 6.18 Å². The summed E-state index contributed by atoms with van der Waals surface area (Å²) in [5.41, 5.74) is -1.21. The van der Waals surface area contributed by atoms with Gasteiger partial charge in [0.1, 0.15) is 5.82 Å². The van der Waals surface area contributed by atoms with Crippen LogP contribution in [0.25, 0.3) is 0 Å². The van der Waals surface area contributed by atoms with E-state index >= 15 is 0 Å². The van der Waals surface area contributed by atoms with Crippen LogP contribution in [-0.2, 0) is 6.18 Å². The highest BCUT2D eigenvalue weighted by molar-refractivity contribution is 9.10. The zero-order chi connectivity index (χ0) is 15.6. The largest absolute Gasteiger partial charge is 0.416 e. The Labute approximate surface area is 125 Å². The molecular weight excluding hydrogens is 354 g/mol. The lowest BCUT2D eigenvalue weighted by Gasteiger charge is -2.10. The molecule has 0 aliphatic carbocycles. The summed E-state index contributed by atoms with van der Waals surface area (Å²) >= 11 is 3.21. The number of carbonyl (C=O) groups is 1. The van der Waals surface area contributed by atoms with Crippen molar-refractivity contribution < 1.29 is 22.4 Å². The van der Waals surface area contributed by atoms with E-state index < -0.39 is 29.0 Å². The van der Waals surface area contributed by atoms with E-state index in [-0.39, 0.29) is 0 Å². The maximum atomic E-state index is 13.2. The number of rotatable bonds is 2. The summed E-state index contributed by atoms with van der Waals surface area (Å²) in [6, 6.07) is 8.14. The van der Waals surface area contributed by atoms with Crippen molar-refractivity contribution in [3.05, 3.63) is 63.9 Å². The summed E-state index contributed by atoms with van der Waals surface area (Å²) in [4.78, 5) is 11.9. The van der Waals surface area contributed by atoms with Gasteiger partial charge in [0.05, 0.1) is 5.56 Å². The van der Waals surface area contributed by atoms with Gasteiger partial charge in [0.15, 0.2) is 0 Å². The molecule has 0 aliphatic rings. The fraction of sp³-hybridized carbons (Fsp3) is 0.0714. The number of nitrogens with one attached hydrogen (secondary N) is 1. The number of benzene rings is 2. The molecule has 0 heterocycles. The maximum absolute atomic E-state index is 13.2. The van der Waals surface area contributed by atoms with Gasteiger partial charge in [-0.05, 0) is 42.5 Å². The van der Waals surface area contributed by atoms with Gasteiger partial charge in [-0.25, -0.2) is 4.39 Å². The number of carbonyl (C=O) groups excluding carboxylic acids is 1. The van der Waals surface area contributed by atoms with Gasteiger partial charge in [0, 0.05) is 15.7 Å². The lowest BCUT2D eigenvalue weighted by molar-refractivity contribution is -0.137. The molecule has 2 nitrogen and oxygen atoms in total. The van der Waals surface area contributed by atoms with E-state index in [1.807, 2.05) is 0 Å². The fourth-order valence-electron chi connectivity index (χ4n) is 1.62. The Morgan fingerprint density at radius 2 is 1.67 bits per heavy atom. The number of amides is 1. The molecule has 2 aromatic rings. The number of hydrogen-bond acceptors (Lipinski definition) is 1. The van der Waals surface area contributed by atoms with Crippen molar-refractivity contribution in [1.82, 2.24) is 0 Å². The molecule has 0 saturated carbocycles. The van der Waals surface area contributed by atoms with Gasteiger partial charge in [0.2, 0.25) is 0 Å². The van der Waals surface area contributed by atoms with Crippen molar-refractivity contribution in [2.45, 2.75) is 6.18 Å². The van der Waals surface area contributed by atoms with E-state index in [0.29, 0.717) is 17.8 Å². The summed E-state index contributed by atoms with van der Waals surface area (Å²) in [6.07, 6.45) is -4.71. The first-order chi connectivity index (χ1) is 9.75. The second kappa shape index (κ2) is 5.85. The maximum Gasteiger partial charge on any atom is 0.416 e. The average Bonchev–Trinajstić information content (AvgIpc) is 2.39. The van der Waals surface area contributed by atoms with Crippen LogP contribution in [0.3, 0.4) is 0 Å². The first-order valence-electron chi connectivity index (χ1n) is 5.70. The Balaban J connectivity index is 2.27. The Morgan fingerprint density at radius 3 is 2.24 bits per heavy atom. The minimum atomic E-state index is -4.71. The second-order valence-corrected chi connectivity index (χ2v) is 5.10. The standard InChI is InChI=1S/C14H8BrF4NO/c15-10-1-3-12(4-2-10)20-13(21)8-5-9(14(17,18)19)7-11(16)6-8/h1-7H,(H,20,21). The number of alkyl halides is 3. The van der Waals surface area contributed by atoms with Crippen LogP contribution in [0.1, 0.15) is 15.9 Å². The highest BCUT2D eigenvalue weighted by Gasteiger charge is 2.32. The lowest BCUT2D eigenvalue weighted by atomic mass is 10.1. The highest BCUT2D eigenvalue weighted by Crippen LogP contribution is 2.30. The van der Waals surface area contributed by atoms with Crippen LogP contribution >= 0.6 is 15.9 Å². The van der Waals surface area contributed by atoms with Crippen LogP contribution in [0.2, 0.25) is 0 Å². The Hall–Kier alpha value is -1.89. The van der Waals surface area contributed by atoms with Crippen LogP contribution in [0.4, 0.5) is 23.2 Å². The molecule has 0 saturated heterocycles.